The first-order valence-corrected chi connectivity index (χ1v) is 5.20. The molecule has 0 aliphatic carbocycles. The molecular weight excluding hydrogens is 196 g/mol. The summed E-state index contributed by atoms with van der Waals surface area (Å²) in [4.78, 5) is 22.4. The molecule has 1 saturated heterocycles. The first-order chi connectivity index (χ1) is 6.96. The van der Waals surface area contributed by atoms with Gasteiger partial charge in [0.1, 0.15) is 6.04 Å². The predicted molar refractivity (Wildman–Crippen MR) is 55.5 cm³/mol. The molecule has 0 aromatic rings. The second-order valence-electron chi connectivity index (χ2n) is 4.34. The van der Waals surface area contributed by atoms with Gasteiger partial charge < -0.3 is 15.7 Å². The Balaban J connectivity index is 2.55. The highest BCUT2D eigenvalue weighted by atomic mass is 16.4. The van der Waals surface area contributed by atoms with Gasteiger partial charge in [-0.05, 0) is 32.9 Å². The second-order valence-corrected chi connectivity index (χ2v) is 4.34. The Kier molecular flexibility index (Phi) is 3.68. The number of carboxylic acids is 1. The summed E-state index contributed by atoms with van der Waals surface area (Å²) < 4.78 is 0. The fraction of sp³-hybridized carbons (Fsp3) is 0.800. The van der Waals surface area contributed by atoms with Gasteiger partial charge in [0.15, 0.2) is 0 Å². The lowest BCUT2D eigenvalue weighted by Crippen LogP contribution is -2.49. The van der Waals surface area contributed by atoms with Gasteiger partial charge in [0.2, 0.25) is 5.91 Å². The van der Waals surface area contributed by atoms with Gasteiger partial charge >= 0.3 is 5.97 Å². The maximum absolute atomic E-state index is 11.8. The predicted octanol–water partition coefficient (Wildman–Crippen LogP) is -0.0346. The molecule has 1 aliphatic heterocycles. The third-order valence-electron chi connectivity index (χ3n) is 2.97. The average molecular weight is 214 g/mol. The molecular formula is C10H18N2O3. The van der Waals surface area contributed by atoms with E-state index in [0.717, 1.165) is 25.9 Å². The number of piperidine rings is 1. The number of nitrogens with one attached hydrogen (secondary N) is 2. The number of carbonyl (C=O) groups is 2. The zero-order chi connectivity index (χ0) is 11.5. The Bertz CT molecular complexity index is 259. The smallest absolute Gasteiger partial charge is 0.325 e. The Morgan fingerprint density at radius 1 is 1.40 bits per heavy atom. The average Bonchev–Trinajstić information content (AvgIpc) is 2.18. The van der Waals surface area contributed by atoms with Crippen molar-refractivity contribution in [3.63, 3.8) is 0 Å². The van der Waals surface area contributed by atoms with Crippen molar-refractivity contribution in [2.45, 2.75) is 32.7 Å². The maximum atomic E-state index is 11.8. The highest BCUT2D eigenvalue weighted by molar-refractivity contribution is 5.87. The number of amides is 1. The van der Waals surface area contributed by atoms with E-state index in [1.54, 1.807) is 0 Å². The highest BCUT2D eigenvalue weighted by Crippen LogP contribution is 2.27. The Labute approximate surface area is 89.2 Å². The van der Waals surface area contributed by atoms with E-state index < -0.39 is 17.4 Å². The molecule has 86 valence electrons. The van der Waals surface area contributed by atoms with Crippen LogP contribution in [0.4, 0.5) is 0 Å². The maximum Gasteiger partial charge on any atom is 0.325 e. The molecule has 1 aliphatic rings. The summed E-state index contributed by atoms with van der Waals surface area (Å²) in [5.41, 5.74) is -0.422. The van der Waals surface area contributed by atoms with E-state index in [-0.39, 0.29) is 5.91 Å². The topological polar surface area (TPSA) is 78.4 Å². The number of aliphatic carboxylic acids is 1. The molecule has 5 heteroatoms. The van der Waals surface area contributed by atoms with Gasteiger partial charge in [-0.3, -0.25) is 9.59 Å². The van der Waals surface area contributed by atoms with Gasteiger partial charge in [-0.15, -0.1) is 0 Å². The van der Waals surface area contributed by atoms with Crippen molar-refractivity contribution in [1.82, 2.24) is 10.6 Å². The first-order valence-electron chi connectivity index (χ1n) is 5.20. The number of carboxylic acid groups (broad SMARTS) is 1. The van der Waals surface area contributed by atoms with Crippen LogP contribution in [0.1, 0.15) is 26.7 Å². The molecule has 0 spiro atoms. The SMILES string of the molecule is C[C@@H](NC(=O)C1(C)CCNCC1)C(=O)O. The molecule has 1 fully saturated rings. The molecule has 0 aromatic carbocycles. The quantitative estimate of drug-likeness (QED) is 0.616. The van der Waals surface area contributed by atoms with Gasteiger partial charge in [-0.2, -0.15) is 0 Å². The van der Waals surface area contributed by atoms with Crippen molar-refractivity contribution in [2.75, 3.05) is 13.1 Å². The third kappa shape index (κ3) is 2.92. The molecule has 1 atom stereocenters. The molecule has 0 radical (unpaired) electrons. The second kappa shape index (κ2) is 4.61. The van der Waals surface area contributed by atoms with Gasteiger partial charge in [0, 0.05) is 5.41 Å². The van der Waals surface area contributed by atoms with Crippen LogP contribution in [0.3, 0.4) is 0 Å². The van der Waals surface area contributed by atoms with Crippen LogP contribution in [0.2, 0.25) is 0 Å². The zero-order valence-electron chi connectivity index (χ0n) is 9.17. The molecule has 0 unspecified atom stereocenters. The first kappa shape index (κ1) is 12.0. The fourth-order valence-corrected chi connectivity index (χ4v) is 1.64. The van der Waals surface area contributed by atoms with E-state index in [2.05, 4.69) is 10.6 Å². The summed E-state index contributed by atoms with van der Waals surface area (Å²) in [6.45, 7) is 4.99. The lowest BCUT2D eigenvalue weighted by atomic mass is 9.80. The van der Waals surface area contributed by atoms with Crippen LogP contribution in [0.5, 0.6) is 0 Å². The van der Waals surface area contributed by atoms with Gasteiger partial charge in [0.25, 0.3) is 0 Å². The van der Waals surface area contributed by atoms with E-state index in [9.17, 15) is 9.59 Å². The minimum atomic E-state index is -0.999. The lowest BCUT2D eigenvalue weighted by molar-refractivity contribution is -0.143. The van der Waals surface area contributed by atoms with Crippen LogP contribution in [0, 0.1) is 5.41 Å². The van der Waals surface area contributed by atoms with E-state index in [1.807, 2.05) is 6.92 Å². The normalized spacial score (nSPS) is 21.7. The van der Waals surface area contributed by atoms with Crippen LogP contribution in [0.15, 0.2) is 0 Å². The van der Waals surface area contributed by atoms with E-state index in [4.69, 9.17) is 5.11 Å². The summed E-state index contributed by atoms with van der Waals surface area (Å²) in [6.07, 6.45) is 1.51. The van der Waals surface area contributed by atoms with Crippen LogP contribution in [0.25, 0.3) is 0 Å². The van der Waals surface area contributed by atoms with Crippen molar-refractivity contribution in [1.29, 1.82) is 0 Å². The monoisotopic (exact) mass is 214 g/mol. The summed E-state index contributed by atoms with van der Waals surface area (Å²) >= 11 is 0. The van der Waals surface area contributed by atoms with Crippen molar-refractivity contribution >= 4 is 11.9 Å². The summed E-state index contributed by atoms with van der Waals surface area (Å²) in [5.74, 6) is -1.15. The summed E-state index contributed by atoms with van der Waals surface area (Å²) in [5, 5.41) is 14.4. The van der Waals surface area contributed by atoms with Gasteiger partial charge in [-0.1, -0.05) is 6.92 Å². The standard InChI is InChI=1S/C10H18N2O3/c1-7(8(13)14)12-9(15)10(2)3-5-11-6-4-10/h7,11H,3-6H2,1-2H3,(H,12,15)(H,13,14)/t7-/m1/s1. The lowest BCUT2D eigenvalue weighted by Gasteiger charge is -2.33. The molecule has 15 heavy (non-hydrogen) atoms. The van der Waals surface area contributed by atoms with Crippen molar-refractivity contribution in [2.24, 2.45) is 5.41 Å². The Morgan fingerprint density at radius 2 is 1.93 bits per heavy atom. The largest absolute Gasteiger partial charge is 0.480 e. The number of rotatable bonds is 3. The molecule has 5 nitrogen and oxygen atoms in total. The Hall–Kier alpha value is -1.10. The van der Waals surface area contributed by atoms with Crippen molar-refractivity contribution in [3.05, 3.63) is 0 Å². The molecule has 0 saturated carbocycles. The van der Waals surface area contributed by atoms with E-state index in [1.165, 1.54) is 6.92 Å². The molecule has 1 rings (SSSR count). The molecule has 3 N–H and O–H groups in total. The minimum Gasteiger partial charge on any atom is -0.480 e. The van der Waals surface area contributed by atoms with Crippen molar-refractivity contribution in [3.8, 4) is 0 Å². The highest BCUT2D eigenvalue weighted by Gasteiger charge is 2.35. The number of hydrogen-bond acceptors (Lipinski definition) is 3. The van der Waals surface area contributed by atoms with Crippen LogP contribution >= 0.6 is 0 Å². The van der Waals surface area contributed by atoms with Crippen LogP contribution in [-0.4, -0.2) is 36.1 Å². The van der Waals surface area contributed by atoms with E-state index in [0.29, 0.717) is 0 Å². The molecule has 1 amide bonds. The molecule has 1 heterocycles. The van der Waals surface area contributed by atoms with Crippen LogP contribution in [-0.2, 0) is 9.59 Å². The van der Waals surface area contributed by atoms with Crippen LogP contribution < -0.4 is 10.6 Å². The third-order valence-corrected chi connectivity index (χ3v) is 2.97. The van der Waals surface area contributed by atoms with Gasteiger partial charge in [-0.25, -0.2) is 0 Å². The Morgan fingerprint density at radius 3 is 2.40 bits per heavy atom. The molecule has 0 bridgehead atoms. The number of carbonyl (C=O) groups excluding carboxylic acids is 1. The molecule has 0 aromatic heterocycles. The minimum absolute atomic E-state index is 0.154. The number of hydrogen-bond donors (Lipinski definition) is 3. The van der Waals surface area contributed by atoms with Crippen molar-refractivity contribution < 1.29 is 14.7 Å². The summed E-state index contributed by atoms with van der Waals surface area (Å²) in [6, 6.07) is -0.816. The fourth-order valence-electron chi connectivity index (χ4n) is 1.64. The van der Waals surface area contributed by atoms with Gasteiger partial charge in [0.05, 0.1) is 0 Å². The summed E-state index contributed by atoms with van der Waals surface area (Å²) in [7, 11) is 0. The zero-order valence-corrected chi connectivity index (χ0v) is 9.17. The van der Waals surface area contributed by atoms with E-state index >= 15 is 0 Å².